The Kier molecular flexibility index (Phi) is 6.43. The number of amides is 3. The quantitative estimate of drug-likeness (QED) is 0.828. The number of nitrogens with zero attached hydrogens (tertiary/aromatic N) is 3. The minimum atomic E-state index is -0.532. The molecule has 2 N–H and O–H groups in total. The van der Waals surface area contributed by atoms with Gasteiger partial charge in [0.1, 0.15) is 0 Å². The highest BCUT2D eigenvalue weighted by atomic mass is 19.1. The molecule has 0 unspecified atom stereocenters. The first kappa shape index (κ1) is 20.7. The van der Waals surface area contributed by atoms with Crippen LogP contribution in [0.2, 0.25) is 0 Å². The summed E-state index contributed by atoms with van der Waals surface area (Å²) in [5, 5.41) is 5.20. The van der Waals surface area contributed by atoms with E-state index in [0.717, 1.165) is 5.69 Å². The van der Waals surface area contributed by atoms with Crippen molar-refractivity contribution < 1.29 is 14.0 Å². The van der Waals surface area contributed by atoms with E-state index >= 15 is 0 Å². The number of benzene rings is 1. The normalized spacial score (nSPS) is 17.1. The van der Waals surface area contributed by atoms with E-state index in [1.165, 1.54) is 6.07 Å². The van der Waals surface area contributed by atoms with E-state index in [0.29, 0.717) is 37.4 Å². The molecule has 1 atom stereocenters. The predicted octanol–water partition coefficient (Wildman–Crippen LogP) is 3.23. The molecule has 29 heavy (non-hydrogen) atoms. The molecule has 1 aromatic heterocycles. The van der Waals surface area contributed by atoms with Gasteiger partial charge in [-0.15, -0.1) is 0 Å². The second-order valence-electron chi connectivity index (χ2n) is 7.33. The van der Waals surface area contributed by atoms with Gasteiger partial charge in [0, 0.05) is 50.4 Å². The third kappa shape index (κ3) is 5.29. The number of anilines is 2. The predicted molar refractivity (Wildman–Crippen MR) is 110 cm³/mol. The Labute approximate surface area is 169 Å². The van der Waals surface area contributed by atoms with Crippen LogP contribution in [0, 0.1) is 12.7 Å². The van der Waals surface area contributed by atoms with Crippen LogP contribution < -0.4 is 10.6 Å². The van der Waals surface area contributed by atoms with Crippen LogP contribution in [-0.4, -0.2) is 52.4 Å². The number of urea groups is 1. The summed E-state index contributed by atoms with van der Waals surface area (Å²) in [5.74, 6) is -0.394. The zero-order chi connectivity index (χ0) is 21.0. The Bertz CT molecular complexity index is 887. The number of aromatic nitrogens is 1. The summed E-state index contributed by atoms with van der Waals surface area (Å²) in [5.41, 5.74) is 1.99. The van der Waals surface area contributed by atoms with Gasteiger partial charge in [-0.05, 0) is 32.0 Å². The van der Waals surface area contributed by atoms with Crippen LogP contribution in [0.5, 0.6) is 0 Å². The lowest BCUT2D eigenvalue weighted by atomic mass is 10.1. The number of pyridine rings is 1. The average molecular weight is 399 g/mol. The van der Waals surface area contributed by atoms with Crippen molar-refractivity contribution in [2.45, 2.75) is 33.4 Å². The summed E-state index contributed by atoms with van der Waals surface area (Å²) in [6, 6.07) is 8.07. The molecule has 154 valence electrons. The van der Waals surface area contributed by atoms with Gasteiger partial charge in [0.2, 0.25) is 5.91 Å². The van der Waals surface area contributed by atoms with Crippen LogP contribution in [0.1, 0.15) is 25.1 Å². The molecule has 8 heteroatoms. The Balaban J connectivity index is 1.64. The van der Waals surface area contributed by atoms with Gasteiger partial charge in [-0.3, -0.25) is 14.7 Å². The van der Waals surface area contributed by atoms with Gasteiger partial charge in [0.15, 0.2) is 5.82 Å². The number of piperazine rings is 1. The van der Waals surface area contributed by atoms with Crippen LogP contribution in [0.15, 0.2) is 36.5 Å². The van der Waals surface area contributed by atoms with Gasteiger partial charge in [-0.25, -0.2) is 9.18 Å². The van der Waals surface area contributed by atoms with Crippen LogP contribution in [-0.2, 0) is 11.3 Å². The number of hydrogen-bond donors (Lipinski definition) is 2. The second kappa shape index (κ2) is 9.00. The van der Waals surface area contributed by atoms with E-state index in [1.54, 1.807) is 42.3 Å². The number of nitrogens with one attached hydrogen (secondary N) is 2. The number of aryl methyl sites for hydroxylation is 1. The fourth-order valence-corrected chi connectivity index (χ4v) is 3.36. The minimum Gasteiger partial charge on any atom is -0.340 e. The van der Waals surface area contributed by atoms with Crippen molar-refractivity contribution in [2.24, 2.45) is 0 Å². The van der Waals surface area contributed by atoms with E-state index in [9.17, 15) is 14.0 Å². The van der Waals surface area contributed by atoms with E-state index in [-0.39, 0.29) is 17.6 Å². The molecule has 0 spiro atoms. The monoisotopic (exact) mass is 399 g/mol. The van der Waals surface area contributed by atoms with Crippen molar-refractivity contribution in [3.05, 3.63) is 53.6 Å². The molecule has 2 aromatic rings. The second-order valence-corrected chi connectivity index (χ2v) is 7.33. The largest absolute Gasteiger partial charge is 0.340 e. The minimum absolute atomic E-state index is 0.0590. The molecule has 2 heterocycles. The Hall–Kier alpha value is -3.00. The molecule has 1 aromatic carbocycles. The van der Waals surface area contributed by atoms with E-state index in [2.05, 4.69) is 20.5 Å². The Morgan fingerprint density at radius 1 is 1.21 bits per heavy atom. The molecule has 0 aliphatic carbocycles. The summed E-state index contributed by atoms with van der Waals surface area (Å²) in [4.78, 5) is 31.8. The van der Waals surface area contributed by atoms with Crippen LogP contribution >= 0.6 is 0 Å². The van der Waals surface area contributed by atoms with Gasteiger partial charge in [0.25, 0.3) is 0 Å². The highest BCUT2D eigenvalue weighted by Crippen LogP contribution is 2.22. The molecule has 7 nitrogen and oxygen atoms in total. The summed E-state index contributed by atoms with van der Waals surface area (Å²) in [6.45, 7) is 7.79. The molecule has 1 fully saturated rings. The van der Waals surface area contributed by atoms with Crippen LogP contribution in [0.25, 0.3) is 0 Å². The molecule has 1 saturated heterocycles. The lowest BCUT2D eigenvalue weighted by molar-refractivity contribution is -0.131. The SMILES string of the molecule is CC(=O)N1CCN(Cc2cccc(NC(=O)Nc3ccc(C)nc3)c2F)[C@H](C)C1. The van der Waals surface area contributed by atoms with Gasteiger partial charge in [-0.1, -0.05) is 12.1 Å². The fraction of sp³-hybridized carbons (Fsp3) is 0.381. The zero-order valence-corrected chi connectivity index (χ0v) is 16.9. The first-order chi connectivity index (χ1) is 13.8. The molecule has 0 radical (unpaired) electrons. The first-order valence-electron chi connectivity index (χ1n) is 9.61. The third-order valence-electron chi connectivity index (χ3n) is 5.08. The van der Waals surface area contributed by atoms with Gasteiger partial charge in [-0.2, -0.15) is 0 Å². The molecule has 1 aliphatic heterocycles. The topological polar surface area (TPSA) is 77.6 Å². The van der Waals surface area contributed by atoms with Gasteiger partial charge in [0.05, 0.1) is 17.6 Å². The lowest BCUT2D eigenvalue weighted by Gasteiger charge is -2.39. The maximum Gasteiger partial charge on any atom is 0.323 e. The van der Waals surface area contributed by atoms with E-state index in [1.807, 2.05) is 13.8 Å². The standard InChI is InChI=1S/C21H26FN5O2/c1-14-7-8-18(11-23-14)24-21(29)25-19-6-4-5-17(20(19)22)13-26-9-10-27(16(3)28)12-15(26)2/h4-8,11,15H,9-10,12-13H2,1-3H3,(H2,24,25,29)/t15-/m1/s1. The molecule has 0 bridgehead atoms. The lowest BCUT2D eigenvalue weighted by Crippen LogP contribution is -2.52. The van der Waals surface area contributed by atoms with Crippen molar-refractivity contribution in [3.8, 4) is 0 Å². The molecule has 1 aliphatic rings. The van der Waals surface area contributed by atoms with Crippen molar-refractivity contribution in [2.75, 3.05) is 30.3 Å². The summed E-state index contributed by atoms with van der Waals surface area (Å²) >= 11 is 0. The van der Waals surface area contributed by atoms with E-state index < -0.39 is 11.8 Å². The summed E-state index contributed by atoms with van der Waals surface area (Å²) in [6.07, 6.45) is 1.55. The highest BCUT2D eigenvalue weighted by Gasteiger charge is 2.26. The molecular formula is C21H26FN5O2. The van der Waals surface area contributed by atoms with Crippen LogP contribution in [0.4, 0.5) is 20.6 Å². The number of hydrogen-bond acceptors (Lipinski definition) is 4. The number of carbonyl (C=O) groups is 2. The van der Waals surface area contributed by atoms with Crippen molar-refractivity contribution in [3.63, 3.8) is 0 Å². The summed E-state index contributed by atoms with van der Waals surface area (Å²) < 4.78 is 15.0. The Morgan fingerprint density at radius 3 is 2.66 bits per heavy atom. The van der Waals surface area contributed by atoms with Crippen LogP contribution in [0.3, 0.4) is 0 Å². The third-order valence-corrected chi connectivity index (χ3v) is 5.08. The van der Waals surface area contributed by atoms with Crippen molar-refractivity contribution in [1.82, 2.24) is 14.8 Å². The van der Waals surface area contributed by atoms with Gasteiger partial charge < -0.3 is 15.5 Å². The average Bonchev–Trinajstić information content (AvgIpc) is 2.68. The molecular weight excluding hydrogens is 373 g/mol. The van der Waals surface area contributed by atoms with Crippen molar-refractivity contribution in [1.29, 1.82) is 0 Å². The summed E-state index contributed by atoms with van der Waals surface area (Å²) in [7, 11) is 0. The zero-order valence-electron chi connectivity index (χ0n) is 16.9. The van der Waals surface area contributed by atoms with Crippen molar-refractivity contribution >= 4 is 23.3 Å². The fourth-order valence-electron chi connectivity index (χ4n) is 3.36. The molecule has 3 rings (SSSR count). The first-order valence-corrected chi connectivity index (χ1v) is 9.61. The number of halogens is 1. The van der Waals surface area contributed by atoms with Gasteiger partial charge >= 0.3 is 6.03 Å². The van der Waals surface area contributed by atoms with E-state index in [4.69, 9.17) is 0 Å². The maximum absolute atomic E-state index is 15.0. The molecule has 3 amide bonds. The number of rotatable bonds is 4. The molecule has 0 saturated carbocycles. The Morgan fingerprint density at radius 2 is 2.00 bits per heavy atom. The maximum atomic E-state index is 15.0. The smallest absolute Gasteiger partial charge is 0.323 e. The number of carbonyl (C=O) groups excluding carboxylic acids is 2. The highest BCUT2D eigenvalue weighted by molar-refractivity contribution is 5.99.